The Morgan fingerprint density at radius 1 is 1.15 bits per heavy atom. The number of fused-ring (bicyclic) bond motifs is 1. The lowest BCUT2D eigenvalue weighted by atomic mass is 10.1. The van der Waals surface area contributed by atoms with Gasteiger partial charge in [-0.05, 0) is 29.5 Å². The van der Waals surface area contributed by atoms with Gasteiger partial charge >= 0.3 is 0 Å². The summed E-state index contributed by atoms with van der Waals surface area (Å²) in [5.41, 5.74) is 7.70. The van der Waals surface area contributed by atoms with E-state index in [2.05, 4.69) is 41.1 Å². The quantitative estimate of drug-likeness (QED) is 0.392. The second kappa shape index (κ2) is 9.65. The number of nitrogens with two attached hydrogens (primary N) is 1. The Morgan fingerprint density at radius 3 is 2.70 bits per heavy atom. The van der Waals surface area contributed by atoms with Crippen molar-refractivity contribution >= 4 is 47.2 Å². The normalized spacial score (nSPS) is 18.1. The summed E-state index contributed by atoms with van der Waals surface area (Å²) in [4.78, 5) is 21.6. The van der Waals surface area contributed by atoms with E-state index in [-0.39, 0.29) is 24.0 Å². The average Bonchev–Trinajstić information content (AvgIpc) is 3.16. The average molecular weight is 499 g/mol. The molecule has 0 atom stereocenters. The SMILES string of the molecule is I.NC(=NCCN1CCc2sccc2C1)N1CCN(c2ncccn2)CC1. The summed E-state index contributed by atoms with van der Waals surface area (Å²) in [7, 11) is 0. The molecule has 0 amide bonds. The van der Waals surface area contributed by atoms with Crippen molar-refractivity contribution in [2.45, 2.75) is 13.0 Å². The monoisotopic (exact) mass is 499 g/mol. The minimum Gasteiger partial charge on any atom is -0.370 e. The maximum Gasteiger partial charge on any atom is 0.225 e. The number of aliphatic imine (C=N–C) groups is 1. The first-order chi connectivity index (χ1) is 12.8. The van der Waals surface area contributed by atoms with Crippen LogP contribution >= 0.6 is 35.3 Å². The molecular formula is C18H26IN7S. The maximum absolute atomic E-state index is 6.22. The van der Waals surface area contributed by atoms with Crippen LogP contribution in [0, 0.1) is 0 Å². The van der Waals surface area contributed by atoms with Crippen LogP contribution in [-0.4, -0.2) is 71.5 Å². The van der Waals surface area contributed by atoms with E-state index >= 15 is 0 Å². The van der Waals surface area contributed by atoms with Gasteiger partial charge in [0.2, 0.25) is 5.95 Å². The first-order valence-corrected chi connectivity index (χ1v) is 10.0. The zero-order chi connectivity index (χ0) is 17.8. The molecule has 2 N–H and O–H groups in total. The van der Waals surface area contributed by atoms with Crippen molar-refractivity contribution in [1.29, 1.82) is 0 Å². The van der Waals surface area contributed by atoms with Gasteiger partial charge in [-0.3, -0.25) is 9.89 Å². The topological polar surface area (TPSA) is 73.9 Å². The van der Waals surface area contributed by atoms with Crippen LogP contribution < -0.4 is 10.6 Å². The fraction of sp³-hybridized carbons (Fsp3) is 0.500. The Kier molecular flexibility index (Phi) is 7.25. The molecule has 1 fully saturated rings. The summed E-state index contributed by atoms with van der Waals surface area (Å²) in [5, 5.41) is 2.20. The smallest absolute Gasteiger partial charge is 0.225 e. The molecule has 0 saturated carbocycles. The number of hydrogen-bond acceptors (Lipinski definition) is 6. The number of piperazine rings is 1. The number of guanidine groups is 1. The number of rotatable bonds is 4. The molecule has 1 saturated heterocycles. The van der Waals surface area contributed by atoms with Crippen molar-refractivity contribution in [2.75, 3.05) is 50.7 Å². The molecule has 2 aliphatic heterocycles. The standard InChI is InChI=1S/C18H25N7S.HI/c19-17(20-6-8-23-7-2-16-15(14-23)3-13-26-16)24-9-11-25(12-10-24)18-21-4-1-5-22-18;/h1,3-5,13H,2,6-12,14H2,(H2,19,20);1H. The van der Waals surface area contributed by atoms with E-state index in [9.17, 15) is 0 Å². The molecular weight excluding hydrogens is 473 g/mol. The molecule has 0 radical (unpaired) electrons. The van der Waals surface area contributed by atoms with Crippen molar-refractivity contribution in [3.63, 3.8) is 0 Å². The van der Waals surface area contributed by atoms with Crippen LogP contribution in [0.15, 0.2) is 34.9 Å². The molecule has 0 aromatic carbocycles. The van der Waals surface area contributed by atoms with E-state index in [0.717, 1.165) is 64.7 Å². The van der Waals surface area contributed by atoms with Crippen LogP contribution in [0.25, 0.3) is 0 Å². The molecule has 0 spiro atoms. The van der Waals surface area contributed by atoms with Crippen molar-refractivity contribution in [2.24, 2.45) is 10.7 Å². The first kappa shape index (κ1) is 20.3. The van der Waals surface area contributed by atoms with Crippen molar-refractivity contribution in [3.05, 3.63) is 40.3 Å². The number of anilines is 1. The lowest BCUT2D eigenvalue weighted by molar-refractivity contribution is 0.263. The molecule has 7 nitrogen and oxygen atoms in total. The third kappa shape index (κ3) is 5.08. The van der Waals surface area contributed by atoms with Gasteiger partial charge in [-0.1, -0.05) is 0 Å². The van der Waals surface area contributed by atoms with Gasteiger partial charge in [-0.2, -0.15) is 0 Å². The Morgan fingerprint density at radius 2 is 1.93 bits per heavy atom. The Bertz CT molecular complexity index is 743. The fourth-order valence-electron chi connectivity index (χ4n) is 3.49. The third-order valence-electron chi connectivity index (χ3n) is 5.02. The molecule has 4 rings (SSSR count). The molecule has 9 heteroatoms. The Hall–Kier alpha value is -1.46. The number of aromatic nitrogens is 2. The largest absolute Gasteiger partial charge is 0.370 e. The Labute approximate surface area is 181 Å². The van der Waals surface area contributed by atoms with Gasteiger partial charge < -0.3 is 15.5 Å². The Balaban J connectivity index is 0.00000210. The van der Waals surface area contributed by atoms with Gasteiger partial charge in [-0.15, -0.1) is 35.3 Å². The molecule has 4 heterocycles. The van der Waals surface area contributed by atoms with E-state index in [1.54, 1.807) is 17.3 Å². The molecule has 0 unspecified atom stereocenters. The summed E-state index contributed by atoms with van der Waals surface area (Å²) < 4.78 is 0. The van der Waals surface area contributed by atoms with Crippen LogP contribution in [0.2, 0.25) is 0 Å². The highest BCUT2D eigenvalue weighted by Gasteiger charge is 2.20. The van der Waals surface area contributed by atoms with E-state index in [0.29, 0.717) is 5.96 Å². The van der Waals surface area contributed by atoms with E-state index < -0.39 is 0 Å². The minimum absolute atomic E-state index is 0. The lowest BCUT2D eigenvalue weighted by Crippen LogP contribution is -2.51. The predicted molar refractivity (Wildman–Crippen MR) is 121 cm³/mol. The van der Waals surface area contributed by atoms with E-state index in [4.69, 9.17) is 5.73 Å². The van der Waals surface area contributed by atoms with Gasteiger partial charge in [0.1, 0.15) is 0 Å². The van der Waals surface area contributed by atoms with Crippen molar-refractivity contribution in [1.82, 2.24) is 19.8 Å². The molecule has 2 aromatic rings. The van der Waals surface area contributed by atoms with Crippen molar-refractivity contribution in [3.8, 4) is 0 Å². The summed E-state index contributed by atoms with van der Waals surface area (Å²) in [6, 6.07) is 4.09. The summed E-state index contributed by atoms with van der Waals surface area (Å²) in [6.07, 6.45) is 4.73. The van der Waals surface area contributed by atoms with Crippen LogP contribution in [-0.2, 0) is 13.0 Å². The van der Waals surface area contributed by atoms with Crippen LogP contribution in [0.5, 0.6) is 0 Å². The summed E-state index contributed by atoms with van der Waals surface area (Å²) in [6.45, 7) is 7.34. The number of hydrogen-bond donors (Lipinski definition) is 1. The third-order valence-corrected chi connectivity index (χ3v) is 6.04. The highest BCUT2D eigenvalue weighted by molar-refractivity contribution is 14.0. The molecule has 27 heavy (non-hydrogen) atoms. The molecule has 0 aliphatic carbocycles. The first-order valence-electron chi connectivity index (χ1n) is 9.14. The van der Waals surface area contributed by atoms with Crippen molar-refractivity contribution < 1.29 is 0 Å². The van der Waals surface area contributed by atoms with E-state index in [1.165, 1.54) is 5.56 Å². The molecule has 146 valence electrons. The maximum atomic E-state index is 6.22. The predicted octanol–water partition coefficient (Wildman–Crippen LogP) is 1.65. The van der Waals surface area contributed by atoms with E-state index in [1.807, 2.05) is 17.4 Å². The van der Waals surface area contributed by atoms with Crippen LogP contribution in [0.3, 0.4) is 0 Å². The number of thiophene rings is 1. The minimum atomic E-state index is 0. The highest BCUT2D eigenvalue weighted by atomic mass is 127. The summed E-state index contributed by atoms with van der Waals surface area (Å²) >= 11 is 1.88. The second-order valence-electron chi connectivity index (χ2n) is 6.66. The summed E-state index contributed by atoms with van der Waals surface area (Å²) in [5.74, 6) is 1.45. The fourth-order valence-corrected chi connectivity index (χ4v) is 4.38. The molecule has 0 bridgehead atoms. The van der Waals surface area contributed by atoms with Gasteiger partial charge in [0.15, 0.2) is 5.96 Å². The number of halogens is 1. The highest BCUT2D eigenvalue weighted by Crippen LogP contribution is 2.23. The van der Waals surface area contributed by atoms with Gasteiger partial charge in [-0.25, -0.2) is 9.97 Å². The van der Waals surface area contributed by atoms with Gasteiger partial charge in [0.25, 0.3) is 0 Å². The second-order valence-corrected chi connectivity index (χ2v) is 7.66. The zero-order valence-corrected chi connectivity index (χ0v) is 18.5. The zero-order valence-electron chi connectivity index (χ0n) is 15.3. The lowest BCUT2D eigenvalue weighted by Gasteiger charge is -2.35. The molecule has 2 aliphatic rings. The van der Waals surface area contributed by atoms with Crippen LogP contribution in [0.4, 0.5) is 5.95 Å². The van der Waals surface area contributed by atoms with Crippen LogP contribution in [0.1, 0.15) is 10.4 Å². The van der Waals surface area contributed by atoms with Gasteiger partial charge in [0.05, 0.1) is 6.54 Å². The molecule has 2 aromatic heterocycles. The van der Waals surface area contributed by atoms with Gasteiger partial charge in [0, 0.05) is 63.1 Å². The number of nitrogens with zero attached hydrogens (tertiary/aromatic N) is 6.